The first kappa shape index (κ1) is 20.3. The molecule has 0 saturated heterocycles. The van der Waals surface area contributed by atoms with Crippen LogP contribution in [0.1, 0.15) is 37.8 Å². The van der Waals surface area contributed by atoms with Crippen molar-refractivity contribution < 1.29 is 4.92 Å². The second-order valence-electron chi connectivity index (χ2n) is 4.68. The average Bonchev–Trinajstić information content (AvgIpc) is 2.85. The average molecular weight is 656 g/mol. The summed E-state index contributed by atoms with van der Waals surface area (Å²) in [6, 6.07) is 17.3. The van der Waals surface area contributed by atoms with Crippen molar-refractivity contribution in [3.8, 4) is 11.1 Å². The molecule has 0 N–H and O–H groups in total. The molecule has 4 heteroatoms. The minimum absolute atomic E-state index is 0.278. The predicted molar refractivity (Wildman–Crippen MR) is 117 cm³/mol. The maximum atomic E-state index is 2.46. The quantitative estimate of drug-likeness (QED) is 0.236. The van der Waals surface area contributed by atoms with Crippen LogP contribution in [0.5, 0.6) is 0 Å². The van der Waals surface area contributed by atoms with Crippen LogP contribution in [0, 0.1) is 0 Å². The Balaban J connectivity index is 0.000000234. The van der Waals surface area contributed by atoms with E-state index < -0.39 is 0 Å². The maximum absolute atomic E-state index is 2.46. The summed E-state index contributed by atoms with van der Waals surface area (Å²) in [5, 5.41) is 0. The first-order valence-corrected chi connectivity index (χ1v) is 20.6. The van der Waals surface area contributed by atoms with Gasteiger partial charge in [-0.15, -0.1) is 0 Å². The van der Waals surface area contributed by atoms with Crippen molar-refractivity contribution >= 4 is 59.9 Å². The Morgan fingerprint density at radius 3 is 1.43 bits per heavy atom. The molecule has 0 saturated carbocycles. The van der Waals surface area contributed by atoms with Crippen LogP contribution in [-0.4, -0.2) is 0 Å². The number of fused-ring (bicyclic) bond motifs is 3. The SMILES string of the molecule is CCCC.[I][V]([I])[I].c1ccc2c(c1)Cc1ccccc1-2. The van der Waals surface area contributed by atoms with Crippen LogP contribution in [0.25, 0.3) is 11.1 Å². The summed E-state index contributed by atoms with van der Waals surface area (Å²) >= 11 is 7.39. The third-order valence-corrected chi connectivity index (χ3v) is 3.21. The van der Waals surface area contributed by atoms with Crippen molar-refractivity contribution in [3.63, 3.8) is 0 Å². The van der Waals surface area contributed by atoms with Crippen LogP contribution in [0.15, 0.2) is 48.5 Å². The molecule has 3 rings (SSSR count). The van der Waals surface area contributed by atoms with Crippen LogP contribution in [-0.2, 0) is 11.3 Å². The first-order chi connectivity index (χ1) is 10.1. The molecule has 0 fully saturated rings. The van der Waals surface area contributed by atoms with Gasteiger partial charge in [-0.1, -0.05) is 75.2 Å². The second kappa shape index (κ2) is 11.7. The van der Waals surface area contributed by atoms with Crippen molar-refractivity contribution in [2.45, 2.75) is 33.1 Å². The number of halogens is 3. The Hall–Kier alpha value is 1.21. The topological polar surface area (TPSA) is 0 Å². The molecule has 0 aromatic heterocycles. The van der Waals surface area contributed by atoms with Gasteiger partial charge in [0.05, 0.1) is 0 Å². The molecule has 0 amide bonds. The molecule has 1 aliphatic rings. The van der Waals surface area contributed by atoms with Crippen LogP contribution < -0.4 is 0 Å². The van der Waals surface area contributed by atoms with Crippen molar-refractivity contribution in [2.24, 2.45) is 0 Å². The fourth-order valence-corrected chi connectivity index (χ4v) is 2.08. The smallest absolute Gasteiger partial charge is 0.00135 e. The summed E-state index contributed by atoms with van der Waals surface area (Å²) in [6.07, 6.45) is 3.74. The van der Waals surface area contributed by atoms with Crippen molar-refractivity contribution in [3.05, 3.63) is 59.7 Å². The van der Waals surface area contributed by atoms with Gasteiger partial charge in [0.1, 0.15) is 0 Å². The van der Waals surface area contributed by atoms with Gasteiger partial charge in [-0.25, -0.2) is 0 Å². The van der Waals surface area contributed by atoms with Crippen molar-refractivity contribution in [2.75, 3.05) is 0 Å². The zero-order chi connectivity index (χ0) is 15.7. The van der Waals surface area contributed by atoms with Gasteiger partial charge in [-0.2, -0.15) is 0 Å². The molecule has 0 bridgehead atoms. The molecule has 0 atom stereocenters. The van der Waals surface area contributed by atoms with Gasteiger partial charge in [0, 0.05) is 0 Å². The number of hydrogen-bond donors (Lipinski definition) is 0. The minimum Gasteiger partial charge on any atom is -0.0619 e. The summed E-state index contributed by atoms with van der Waals surface area (Å²) in [7, 11) is 0. The van der Waals surface area contributed by atoms with E-state index in [-0.39, 0.29) is 4.92 Å². The zero-order valence-corrected chi connectivity index (χ0v) is 20.2. The number of hydrogen-bond acceptors (Lipinski definition) is 0. The summed E-state index contributed by atoms with van der Waals surface area (Å²) in [5.74, 6) is 0. The molecule has 0 nitrogen and oxygen atoms in total. The summed E-state index contributed by atoms with van der Waals surface area (Å²) in [6.45, 7) is 4.36. The van der Waals surface area contributed by atoms with Crippen LogP contribution in [0.4, 0.5) is 0 Å². The van der Waals surface area contributed by atoms with Crippen molar-refractivity contribution in [1.82, 2.24) is 0 Å². The Kier molecular flexibility index (Phi) is 11.3. The molecular weight excluding hydrogens is 636 g/mol. The van der Waals surface area contributed by atoms with E-state index in [2.05, 4.69) is 122 Å². The third kappa shape index (κ3) is 7.55. The summed E-state index contributed by atoms with van der Waals surface area (Å²) in [5.41, 5.74) is 5.75. The van der Waals surface area contributed by atoms with E-state index >= 15 is 0 Å². The van der Waals surface area contributed by atoms with Gasteiger partial charge in [0.25, 0.3) is 0 Å². The van der Waals surface area contributed by atoms with Gasteiger partial charge in [0.15, 0.2) is 0 Å². The molecule has 0 radical (unpaired) electrons. The number of unbranched alkanes of at least 4 members (excludes halogenated alkanes) is 1. The molecule has 1 aliphatic carbocycles. The summed E-state index contributed by atoms with van der Waals surface area (Å²) < 4.78 is 0. The van der Waals surface area contributed by atoms with Gasteiger partial charge in [-0.3, -0.25) is 0 Å². The van der Waals surface area contributed by atoms with E-state index in [0.717, 1.165) is 6.42 Å². The monoisotopic (exact) mass is 656 g/mol. The summed E-state index contributed by atoms with van der Waals surface area (Å²) in [4.78, 5) is -0.278. The molecular formula is C17H20I3V. The molecule has 114 valence electrons. The first-order valence-electron chi connectivity index (χ1n) is 7.03. The molecule has 0 heterocycles. The molecule has 2 aromatic rings. The van der Waals surface area contributed by atoms with E-state index in [0.29, 0.717) is 0 Å². The largest absolute Gasteiger partial charge is 0.0619 e. The van der Waals surface area contributed by atoms with E-state index in [1.54, 1.807) is 0 Å². The fraction of sp³-hybridized carbons (Fsp3) is 0.294. The maximum Gasteiger partial charge on any atom is -0.00135 e. The van der Waals surface area contributed by atoms with Crippen molar-refractivity contribution in [1.29, 1.82) is 0 Å². The second-order valence-corrected chi connectivity index (χ2v) is 40.1. The van der Waals surface area contributed by atoms with Crippen LogP contribution >= 0.6 is 59.9 Å². The van der Waals surface area contributed by atoms with E-state index in [4.69, 9.17) is 0 Å². The molecule has 0 unspecified atom stereocenters. The van der Waals surface area contributed by atoms with Crippen LogP contribution in [0.2, 0.25) is 0 Å². The Labute approximate surface area is 166 Å². The number of rotatable bonds is 1. The Bertz CT molecular complexity index is 493. The molecule has 0 aliphatic heterocycles. The van der Waals surface area contributed by atoms with E-state index in [9.17, 15) is 0 Å². The third-order valence-electron chi connectivity index (χ3n) is 3.21. The zero-order valence-electron chi connectivity index (χ0n) is 12.3. The predicted octanol–water partition coefficient (Wildman–Crippen LogP) is 7.72. The Morgan fingerprint density at radius 2 is 1.10 bits per heavy atom. The van der Waals surface area contributed by atoms with Crippen LogP contribution in [0.3, 0.4) is 0 Å². The van der Waals surface area contributed by atoms with E-state index in [1.165, 1.54) is 35.1 Å². The molecule has 0 spiro atoms. The normalized spacial score (nSPS) is 10.8. The van der Waals surface area contributed by atoms with Gasteiger partial charge >= 0.3 is 64.9 Å². The molecule has 2 aromatic carbocycles. The van der Waals surface area contributed by atoms with E-state index in [1.807, 2.05) is 0 Å². The Morgan fingerprint density at radius 1 is 0.762 bits per heavy atom. The van der Waals surface area contributed by atoms with Gasteiger partial charge in [0.2, 0.25) is 0 Å². The minimum atomic E-state index is -0.278. The standard InChI is InChI=1S/C13H10.C4H10.3HI.V/c1-3-7-12-10(5-1)9-11-6-2-4-8-13(11)12;1-3-4-2;;;;/h1-8H,9H2;3-4H2,1-2H3;3*1H;/q;;;;;+3/p-3. The number of benzene rings is 2. The fourth-order valence-electron chi connectivity index (χ4n) is 2.08. The van der Waals surface area contributed by atoms with Gasteiger partial charge in [-0.05, 0) is 28.7 Å². The molecule has 21 heavy (non-hydrogen) atoms. The van der Waals surface area contributed by atoms with Gasteiger partial charge < -0.3 is 0 Å².